The van der Waals surface area contributed by atoms with Crippen molar-refractivity contribution in [3.63, 3.8) is 0 Å². The number of nitrogens with zero attached hydrogens (tertiary/aromatic N) is 4. The molecule has 1 N–H and O–H groups in total. The van der Waals surface area contributed by atoms with Gasteiger partial charge in [0.05, 0.1) is 22.8 Å². The van der Waals surface area contributed by atoms with Crippen molar-refractivity contribution in [1.29, 1.82) is 0 Å². The molecule has 0 aliphatic carbocycles. The van der Waals surface area contributed by atoms with E-state index in [0.717, 1.165) is 18.7 Å². The average molecular weight is 339 g/mol. The summed E-state index contributed by atoms with van der Waals surface area (Å²) in [4.78, 5) is 29.0. The first-order valence-electron chi connectivity index (χ1n) is 8.05. The average Bonchev–Trinajstić information content (AvgIpc) is 3.22. The van der Waals surface area contributed by atoms with Crippen LogP contribution in [0.5, 0.6) is 5.75 Å². The summed E-state index contributed by atoms with van der Waals surface area (Å²) in [6.07, 6.45) is 5.02. The monoisotopic (exact) mass is 339 g/mol. The van der Waals surface area contributed by atoms with Gasteiger partial charge in [0.1, 0.15) is 11.6 Å². The van der Waals surface area contributed by atoms with Crippen molar-refractivity contribution in [2.75, 3.05) is 11.9 Å². The molecule has 1 aromatic carbocycles. The second kappa shape index (κ2) is 6.04. The van der Waals surface area contributed by atoms with Gasteiger partial charge in [0.25, 0.3) is 11.5 Å². The summed E-state index contributed by atoms with van der Waals surface area (Å²) in [5, 5.41) is 7.18. The number of nitrogens with one attached hydrogen (secondary N) is 1. The van der Waals surface area contributed by atoms with Crippen LogP contribution in [-0.4, -0.2) is 31.8 Å². The van der Waals surface area contributed by atoms with Crippen LogP contribution in [0.4, 0.5) is 5.69 Å². The van der Waals surface area contributed by atoms with Crippen LogP contribution in [0.2, 0.25) is 0 Å². The first-order valence-corrected chi connectivity index (χ1v) is 8.05. The molecule has 0 bridgehead atoms. The Bertz CT molecular complexity index is 1020. The van der Waals surface area contributed by atoms with E-state index >= 15 is 0 Å². The summed E-state index contributed by atoms with van der Waals surface area (Å²) in [6.45, 7) is 0.551. The number of amides is 1. The number of benzene rings is 1. The predicted octanol–water partition coefficient (Wildman–Crippen LogP) is 1.09. The van der Waals surface area contributed by atoms with Crippen LogP contribution in [0, 0.1) is 0 Å². The third kappa shape index (κ3) is 2.98. The number of hydrogen-bond donors (Lipinski definition) is 1. The normalized spacial score (nSPS) is 13.0. The van der Waals surface area contributed by atoms with Gasteiger partial charge in [-0.1, -0.05) is 0 Å². The van der Waals surface area contributed by atoms with E-state index in [9.17, 15) is 9.59 Å². The zero-order valence-corrected chi connectivity index (χ0v) is 13.7. The van der Waals surface area contributed by atoms with Crippen LogP contribution in [0.1, 0.15) is 12.2 Å². The van der Waals surface area contributed by atoms with Crippen molar-refractivity contribution in [2.45, 2.75) is 19.4 Å². The van der Waals surface area contributed by atoms with Gasteiger partial charge in [0, 0.05) is 26.2 Å². The van der Waals surface area contributed by atoms with E-state index in [0.29, 0.717) is 28.9 Å². The zero-order chi connectivity index (χ0) is 17.4. The number of rotatable bonds is 4. The van der Waals surface area contributed by atoms with Crippen molar-refractivity contribution < 1.29 is 9.53 Å². The Morgan fingerprint density at radius 2 is 2.28 bits per heavy atom. The second-order valence-corrected chi connectivity index (χ2v) is 6.01. The molecule has 4 rings (SSSR count). The van der Waals surface area contributed by atoms with E-state index in [1.807, 2.05) is 0 Å². The predicted molar refractivity (Wildman–Crippen MR) is 91.7 cm³/mol. The molecule has 0 fully saturated rings. The number of ether oxygens (including phenoxy) is 1. The van der Waals surface area contributed by atoms with Crippen molar-refractivity contribution in [1.82, 2.24) is 19.3 Å². The SMILES string of the molecule is Cn1cc(NC(=O)COc2ccc3nc4n(c(=O)c3c2)CCC4)cn1. The fourth-order valence-corrected chi connectivity index (χ4v) is 2.98. The number of aromatic nitrogens is 4. The second-order valence-electron chi connectivity index (χ2n) is 6.01. The smallest absolute Gasteiger partial charge is 0.262 e. The molecule has 8 nitrogen and oxygen atoms in total. The van der Waals surface area contributed by atoms with Crippen LogP contribution in [0.25, 0.3) is 10.9 Å². The molecule has 0 spiro atoms. The molecule has 2 aromatic heterocycles. The lowest BCUT2D eigenvalue weighted by Gasteiger charge is -2.08. The van der Waals surface area contributed by atoms with Crippen LogP contribution in [0.15, 0.2) is 35.4 Å². The zero-order valence-electron chi connectivity index (χ0n) is 13.7. The third-order valence-electron chi connectivity index (χ3n) is 4.15. The number of carbonyl (C=O) groups excluding carboxylic acids is 1. The molecule has 25 heavy (non-hydrogen) atoms. The van der Waals surface area contributed by atoms with Crippen molar-refractivity contribution in [3.8, 4) is 5.75 Å². The summed E-state index contributed by atoms with van der Waals surface area (Å²) in [5.74, 6) is 1.00. The molecule has 0 unspecified atom stereocenters. The van der Waals surface area contributed by atoms with Crippen LogP contribution < -0.4 is 15.6 Å². The number of hydrogen-bond acceptors (Lipinski definition) is 5. The summed E-state index contributed by atoms with van der Waals surface area (Å²) >= 11 is 0. The topological polar surface area (TPSA) is 91.0 Å². The number of fused-ring (bicyclic) bond motifs is 2. The van der Waals surface area contributed by atoms with Gasteiger partial charge in [0.2, 0.25) is 0 Å². The minimum Gasteiger partial charge on any atom is -0.484 e. The standard InChI is InChI=1S/C17H17N5O3/c1-21-9-11(8-18-21)19-16(23)10-25-12-4-5-14-13(7-12)17(24)22-6-2-3-15(22)20-14/h4-5,7-9H,2-3,6,10H2,1H3,(H,19,23). The fourth-order valence-electron chi connectivity index (χ4n) is 2.98. The van der Waals surface area contributed by atoms with E-state index in [-0.39, 0.29) is 18.1 Å². The maximum absolute atomic E-state index is 12.5. The largest absolute Gasteiger partial charge is 0.484 e. The van der Waals surface area contributed by atoms with Gasteiger partial charge in [0.15, 0.2) is 6.61 Å². The molecule has 1 amide bonds. The van der Waals surface area contributed by atoms with E-state index in [2.05, 4.69) is 15.4 Å². The lowest BCUT2D eigenvalue weighted by molar-refractivity contribution is -0.118. The molecule has 3 aromatic rings. The van der Waals surface area contributed by atoms with E-state index in [4.69, 9.17) is 4.74 Å². The summed E-state index contributed by atoms with van der Waals surface area (Å²) in [6, 6.07) is 5.12. The van der Waals surface area contributed by atoms with Crippen LogP contribution in [-0.2, 0) is 24.8 Å². The van der Waals surface area contributed by atoms with Crippen LogP contribution >= 0.6 is 0 Å². The van der Waals surface area contributed by atoms with Gasteiger partial charge in [-0.15, -0.1) is 0 Å². The minimum absolute atomic E-state index is 0.0530. The summed E-state index contributed by atoms with van der Waals surface area (Å²) in [7, 11) is 1.77. The molecular formula is C17H17N5O3. The Labute approximate surface area is 143 Å². The Kier molecular flexibility index (Phi) is 3.72. The number of anilines is 1. The molecule has 0 saturated heterocycles. The Balaban J connectivity index is 1.50. The van der Waals surface area contributed by atoms with Crippen LogP contribution in [0.3, 0.4) is 0 Å². The molecule has 0 radical (unpaired) electrons. The number of carbonyl (C=O) groups is 1. The molecule has 1 aliphatic heterocycles. The Hall–Kier alpha value is -3.16. The van der Waals surface area contributed by atoms with Crippen molar-refractivity contribution in [2.24, 2.45) is 7.05 Å². The first kappa shape index (κ1) is 15.4. The highest BCUT2D eigenvalue weighted by Gasteiger charge is 2.16. The highest BCUT2D eigenvalue weighted by Crippen LogP contribution is 2.19. The first-order chi connectivity index (χ1) is 12.1. The summed E-state index contributed by atoms with van der Waals surface area (Å²) < 4.78 is 8.82. The van der Waals surface area contributed by atoms with Gasteiger partial charge in [-0.3, -0.25) is 18.8 Å². The quantitative estimate of drug-likeness (QED) is 0.768. The molecular weight excluding hydrogens is 322 g/mol. The lowest BCUT2D eigenvalue weighted by Crippen LogP contribution is -2.21. The molecule has 0 atom stereocenters. The van der Waals surface area contributed by atoms with E-state index < -0.39 is 0 Å². The maximum atomic E-state index is 12.5. The minimum atomic E-state index is -0.295. The highest BCUT2D eigenvalue weighted by molar-refractivity contribution is 5.91. The van der Waals surface area contributed by atoms with Gasteiger partial charge < -0.3 is 10.1 Å². The van der Waals surface area contributed by atoms with Gasteiger partial charge in [-0.2, -0.15) is 5.10 Å². The summed E-state index contributed by atoms with van der Waals surface area (Å²) in [5.41, 5.74) is 1.21. The third-order valence-corrected chi connectivity index (χ3v) is 4.15. The van der Waals surface area contributed by atoms with Gasteiger partial charge in [-0.25, -0.2) is 4.98 Å². The Morgan fingerprint density at radius 3 is 3.08 bits per heavy atom. The highest BCUT2D eigenvalue weighted by atomic mass is 16.5. The van der Waals surface area contributed by atoms with Crippen molar-refractivity contribution in [3.05, 3.63) is 46.8 Å². The molecule has 128 valence electrons. The van der Waals surface area contributed by atoms with Crippen molar-refractivity contribution >= 4 is 22.5 Å². The molecule has 3 heterocycles. The molecule has 8 heteroatoms. The molecule has 0 saturated carbocycles. The van der Waals surface area contributed by atoms with E-state index in [1.165, 1.54) is 0 Å². The Morgan fingerprint density at radius 1 is 1.40 bits per heavy atom. The maximum Gasteiger partial charge on any atom is 0.262 e. The number of aryl methyl sites for hydroxylation is 2. The van der Waals surface area contributed by atoms with Gasteiger partial charge >= 0.3 is 0 Å². The lowest BCUT2D eigenvalue weighted by atomic mass is 10.2. The van der Waals surface area contributed by atoms with E-state index in [1.54, 1.807) is 46.9 Å². The van der Waals surface area contributed by atoms with Gasteiger partial charge in [-0.05, 0) is 24.6 Å². The fraction of sp³-hybridized carbons (Fsp3) is 0.294. The molecule has 1 aliphatic rings.